The first-order chi connectivity index (χ1) is 12.7. The van der Waals surface area contributed by atoms with Crippen LogP contribution in [0, 0.1) is 0 Å². The molecular formula is C21H25NO3S. The molecule has 2 aromatic rings. The fourth-order valence-electron chi connectivity index (χ4n) is 3.03. The van der Waals surface area contributed by atoms with Crippen LogP contribution in [0.15, 0.2) is 53.4 Å². The predicted octanol–water partition coefficient (Wildman–Crippen LogP) is 5.14. The third-order valence-electron chi connectivity index (χ3n) is 4.38. The van der Waals surface area contributed by atoms with Gasteiger partial charge < -0.3 is 14.8 Å². The Morgan fingerprint density at radius 2 is 1.88 bits per heavy atom. The third kappa shape index (κ3) is 5.43. The summed E-state index contributed by atoms with van der Waals surface area (Å²) >= 11 is 1.68. The van der Waals surface area contributed by atoms with Gasteiger partial charge >= 0.3 is 0 Å². The van der Waals surface area contributed by atoms with Crippen molar-refractivity contribution in [2.24, 2.45) is 0 Å². The van der Waals surface area contributed by atoms with E-state index in [1.807, 2.05) is 36.4 Å². The molecular weight excluding hydrogens is 346 g/mol. The molecule has 1 saturated carbocycles. The lowest BCUT2D eigenvalue weighted by Crippen LogP contribution is -2.14. The van der Waals surface area contributed by atoms with Crippen molar-refractivity contribution in [2.75, 3.05) is 18.2 Å². The quantitative estimate of drug-likeness (QED) is 0.653. The molecule has 5 heteroatoms. The second-order valence-corrected chi connectivity index (χ2v) is 7.52. The van der Waals surface area contributed by atoms with E-state index in [1.165, 1.54) is 17.7 Å². The van der Waals surface area contributed by atoms with Crippen molar-refractivity contribution in [1.29, 1.82) is 0 Å². The molecule has 0 saturated heterocycles. The first-order valence-electron chi connectivity index (χ1n) is 9.07. The summed E-state index contributed by atoms with van der Waals surface area (Å²) in [5.74, 6) is 2.16. The third-order valence-corrected chi connectivity index (χ3v) is 5.40. The lowest BCUT2D eigenvalue weighted by Gasteiger charge is -2.17. The van der Waals surface area contributed by atoms with Crippen LogP contribution in [0.4, 0.5) is 5.69 Å². The molecule has 1 amide bonds. The monoisotopic (exact) mass is 371 g/mol. The van der Waals surface area contributed by atoms with Gasteiger partial charge in [0.15, 0.2) is 11.5 Å². The van der Waals surface area contributed by atoms with E-state index >= 15 is 0 Å². The number of carbonyl (C=O) groups is 1. The maximum absolute atomic E-state index is 12.2. The summed E-state index contributed by atoms with van der Waals surface area (Å²) in [6, 6.07) is 15.7. The molecule has 26 heavy (non-hydrogen) atoms. The number of carbonyl (C=O) groups excluding carboxylic acids is 1. The SMILES string of the molecule is COc1ccc(NC(=O)CCSc2ccccc2)cc1OC1CCCC1. The molecule has 0 aliphatic heterocycles. The highest BCUT2D eigenvalue weighted by atomic mass is 32.2. The normalized spacial score (nSPS) is 14.2. The minimum Gasteiger partial charge on any atom is -0.493 e. The Morgan fingerprint density at radius 3 is 2.62 bits per heavy atom. The molecule has 3 rings (SSSR count). The molecule has 1 aliphatic carbocycles. The Kier molecular flexibility index (Phi) is 6.83. The maximum Gasteiger partial charge on any atom is 0.225 e. The number of hydrogen-bond acceptors (Lipinski definition) is 4. The molecule has 1 fully saturated rings. The predicted molar refractivity (Wildman–Crippen MR) is 106 cm³/mol. The van der Waals surface area contributed by atoms with Gasteiger partial charge in [-0.3, -0.25) is 4.79 Å². The van der Waals surface area contributed by atoms with Crippen molar-refractivity contribution in [3.05, 3.63) is 48.5 Å². The van der Waals surface area contributed by atoms with Gasteiger partial charge in [0.25, 0.3) is 0 Å². The fourth-order valence-corrected chi connectivity index (χ4v) is 3.91. The Morgan fingerprint density at radius 1 is 1.12 bits per heavy atom. The van der Waals surface area contributed by atoms with Crippen LogP contribution in [0.25, 0.3) is 0 Å². The molecule has 0 bridgehead atoms. The van der Waals surface area contributed by atoms with Crippen molar-refractivity contribution in [3.63, 3.8) is 0 Å². The molecule has 138 valence electrons. The van der Waals surface area contributed by atoms with Crippen LogP contribution in [0.2, 0.25) is 0 Å². The van der Waals surface area contributed by atoms with Crippen molar-refractivity contribution >= 4 is 23.4 Å². The van der Waals surface area contributed by atoms with Crippen LogP contribution in [0.1, 0.15) is 32.1 Å². The van der Waals surface area contributed by atoms with Gasteiger partial charge in [-0.1, -0.05) is 18.2 Å². The van der Waals surface area contributed by atoms with Crippen LogP contribution in [0.3, 0.4) is 0 Å². The van der Waals surface area contributed by atoms with Gasteiger partial charge in [0.2, 0.25) is 5.91 Å². The summed E-state index contributed by atoms with van der Waals surface area (Å²) in [6.45, 7) is 0. The minimum absolute atomic E-state index is 0.00501. The number of rotatable bonds is 8. The highest BCUT2D eigenvalue weighted by Gasteiger charge is 2.19. The Balaban J connectivity index is 1.53. The lowest BCUT2D eigenvalue weighted by molar-refractivity contribution is -0.115. The lowest BCUT2D eigenvalue weighted by atomic mass is 10.2. The number of hydrogen-bond donors (Lipinski definition) is 1. The largest absolute Gasteiger partial charge is 0.493 e. The number of amides is 1. The van der Waals surface area contributed by atoms with Crippen LogP contribution in [0.5, 0.6) is 11.5 Å². The van der Waals surface area contributed by atoms with E-state index in [4.69, 9.17) is 9.47 Å². The molecule has 0 aromatic heterocycles. The number of nitrogens with one attached hydrogen (secondary N) is 1. The molecule has 4 nitrogen and oxygen atoms in total. The summed E-state index contributed by atoms with van der Waals surface area (Å²) in [7, 11) is 1.63. The van der Waals surface area contributed by atoms with Crippen molar-refractivity contribution < 1.29 is 14.3 Å². The van der Waals surface area contributed by atoms with Gasteiger partial charge in [0.1, 0.15) is 0 Å². The van der Waals surface area contributed by atoms with E-state index in [0.717, 1.165) is 24.3 Å². The summed E-state index contributed by atoms with van der Waals surface area (Å²) in [4.78, 5) is 13.4. The zero-order chi connectivity index (χ0) is 18.2. The van der Waals surface area contributed by atoms with E-state index in [2.05, 4.69) is 17.4 Å². The Labute approximate surface area is 159 Å². The fraction of sp³-hybridized carbons (Fsp3) is 0.381. The summed E-state index contributed by atoms with van der Waals surface area (Å²) in [5.41, 5.74) is 0.744. The van der Waals surface area contributed by atoms with Gasteiger partial charge in [-0.2, -0.15) is 0 Å². The molecule has 1 aliphatic rings. The highest BCUT2D eigenvalue weighted by Crippen LogP contribution is 2.34. The van der Waals surface area contributed by atoms with Gasteiger partial charge in [-0.15, -0.1) is 11.8 Å². The number of anilines is 1. The van der Waals surface area contributed by atoms with Gasteiger partial charge in [0.05, 0.1) is 13.2 Å². The van der Waals surface area contributed by atoms with E-state index in [1.54, 1.807) is 18.9 Å². The molecule has 0 atom stereocenters. The molecule has 0 heterocycles. The van der Waals surface area contributed by atoms with Gasteiger partial charge in [0, 0.05) is 28.8 Å². The molecule has 0 radical (unpaired) electrons. The number of thioether (sulfide) groups is 1. The summed E-state index contributed by atoms with van der Waals surface area (Å²) in [5, 5.41) is 2.96. The van der Waals surface area contributed by atoms with Crippen LogP contribution in [-0.2, 0) is 4.79 Å². The van der Waals surface area contributed by atoms with Crippen molar-refractivity contribution in [2.45, 2.75) is 43.1 Å². The number of benzene rings is 2. The Bertz CT molecular complexity index is 714. The van der Waals surface area contributed by atoms with E-state index in [9.17, 15) is 4.79 Å². The first kappa shape index (κ1) is 18.6. The van der Waals surface area contributed by atoms with Crippen molar-refractivity contribution in [1.82, 2.24) is 0 Å². The standard InChI is InChI=1S/C21H25NO3S/c1-24-19-12-11-16(15-20(19)25-17-7-5-6-8-17)22-21(23)13-14-26-18-9-3-2-4-10-18/h2-4,9-12,15,17H,5-8,13-14H2,1H3,(H,22,23). The van der Waals surface area contributed by atoms with Crippen LogP contribution < -0.4 is 14.8 Å². The summed E-state index contributed by atoms with van der Waals surface area (Å²) in [6.07, 6.45) is 5.29. The second kappa shape index (κ2) is 9.53. The zero-order valence-electron chi connectivity index (χ0n) is 15.1. The molecule has 0 spiro atoms. The zero-order valence-corrected chi connectivity index (χ0v) is 15.9. The second-order valence-electron chi connectivity index (χ2n) is 6.35. The first-order valence-corrected chi connectivity index (χ1v) is 10.1. The number of ether oxygens (including phenoxy) is 2. The van der Waals surface area contributed by atoms with Gasteiger partial charge in [-0.05, 0) is 49.9 Å². The number of methoxy groups -OCH3 is 1. The van der Waals surface area contributed by atoms with E-state index < -0.39 is 0 Å². The Hall–Kier alpha value is -2.14. The van der Waals surface area contributed by atoms with E-state index in [0.29, 0.717) is 17.9 Å². The van der Waals surface area contributed by atoms with Crippen LogP contribution >= 0.6 is 11.8 Å². The highest BCUT2D eigenvalue weighted by molar-refractivity contribution is 7.99. The molecule has 1 N–H and O–H groups in total. The molecule has 0 unspecified atom stereocenters. The van der Waals surface area contributed by atoms with Crippen molar-refractivity contribution in [3.8, 4) is 11.5 Å². The average molecular weight is 372 g/mol. The van der Waals surface area contributed by atoms with E-state index in [-0.39, 0.29) is 12.0 Å². The average Bonchev–Trinajstić information content (AvgIpc) is 3.16. The van der Waals surface area contributed by atoms with Crippen LogP contribution in [-0.4, -0.2) is 24.9 Å². The topological polar surface area (TPSA) is 47.6 Å². The maximum atomic E-state index is 12.2. The summed E-state index contributed by atoms with van der Waals surface area (Å²) < 4.78 is 11.5. The van der Waals surface area contributed by atoms with Gasteiger partial charge in [-0.25, -0.2) is 0 Å². The molecule has 2 aromatic carbocycles. The minimum atomic E-state index is 0.00501. The smallest absolute Gasteiger partial charge is 0.225 e.